The molecule has 424 valence electrons. The molecule has 5 bridgehead atoms. The summed E-state index contributed by atoms with van der Waals surface area (Å²) in [5.41, 5.74) is 3.38. The fourth-order valence-corrected chi connectivity index (χ4v) is 12.2. The first-order valence-electron chi connectivity index (χ1n) is 28.4. The summed E-state index contributed by atoms with van der Waals surface area (Å²) in [4.78, 5) is 84.0. The summed E-state index contributed by atoms with van der Waals surface area (Å²) in [6, 6.07) is 3.46. The maximum Gasteiger partial charge on any atom is 0.325 e. The van der Waals surface area contributed by atoms with Crippen LogP contribution in [0, 0.1) is 47.3 Å². The van der Waals surface area contributed by atoms with Crippen LogP contribution in [0.2, 0.25) is 0 Å². The number of aliphatic hydroxyl groups is 1. The molecule has 77 heavy (non-hydrogen) atoms. The van der Waals surface area contributed by atoms with Gasteiger partial charge < -0.3 is 45.1 Å². The Morgan fingerprint density at radius 1 is 0.961 bits per heavy atom. The molecule has 4 amide bonds. The molecule has 5 saturated heterocycles. The predicted octanol–water partition coefficient (Wildman–Crippen LogP) is 6.82. The van der Waals surface area contributed by atoms with Gasteiger partial charge in [0, 0.05) is 55.9 Å². The number of hydrazine groups is 1. The fourth-order valence-electron chi connectivity index (χ4n) is 12.2. The van der Waals surface area contributed by atoms with E-state index in [2.05, 4.69) is 21.4 Å². The summed E-state index contributed by atoms with van der Waals surface area (Å²) >= 11 is 0. The number of hydrogen-bond acceptors (Lipinski definition) is 13. The third-order valence-corrected chi connectivity index (χ3v) is 17.5. The molecular weight excluding hydrogens is 983 g/mol. The first kappa shape index (κ1) is 59.5. The maximum atomic E-state index is 14.6. The lowest BCUT2D eigenvalue weighted by atomic mass is 9.70. The molecule has 6 aliphatic heterocycles. The normalized spacial score (nSPS) is 37.5. The molecule has 0 aliphatic carbocycles. The summed E-state index contributed by atoms with van der Waals surface area (Å²) < 4.78 is 25.9. The number of aromatic hydroxyl groups is 1. The Morgan fingerprint density at radius 3 is 2.45 bits per heavy atom. The number of Topliss-reactive ketones (excluding diaryl/α,β-unsaturated/α-hetero) is 1. The van der Waals surface area contributed by atoms with Gasteiger partial charge in [-0.3, -0.25) is 33.8 Å². The van der Waals surface area contributed by atoms with E-state index < -0.39 is 89.6 Å². The van der Waals surface area contributed by atoms with E-state index in [1.54, 1.807) is 12.1 Å². The van der Waals surface area contributed by atoms with Crippen LogP contribution in [-0.2, 0) is 54.1 Å². The van der Waals surface area contributed by atoms with E-state index in [-0.39, 0.29) is 78.4 Å². The fraction of sp³-hybridized carbons (Fsp3) is 0.667. The monoisotopic (exact) mass is 1070 g/mol. The number of phenolic OH excluding ortho intramolecular Hbond substituents is 1. The van der Waals surface area contributed by atoms with E-state index in [4.69, 9.17) is 18.9 Å². The van der Waals surface area contributed by atoms with Crippen molar-refractivity contribution in [3.8, 4) is 5.75 Å². The Kier molecular flexibility index (Phi) is 19.9. The number of fused-ring (bicyclic) bond motifs is 4. The van der Waals surface area contributed by atoms with Crippen molar-refractivity contribution >= 4 is 35.4 Å². The lowest BCUT2D eigenvalue weighted by molar-refractivity contribution is -0.344. The van der Waals surface area contributed by atoms with Gasteiger partial charge in [0.1, 0.15) is 35.8 Å². The number of ether oxygens (including phenoxy) is 4. The van der Waals surface area contributed by atoms with Crippen molar-refractivity contribution in [3.05, 3.63) is 77.9 Å². The van der Waals surface area contributed by atoms with Gasteiger partial charge in [0.05, 0.1) is 36.3 Å². The van der Waals surface area contributed by atoms with Crippen LogP contribution >= 0.6 is 0 Å². The lowest BCUT2D eigenvalue weighted by Gasteiger charge is -2.54. The standard InChI is InChI=1S/C60H87N5O12/c1-11-42-30-37(6)60(63-54(42)69)40(9)52(68)38(7)50(76-60)33-47(67)35(4)20-14-12-15-21-36(5)48-25-16-13-17-26-49-39(8)53-44(27-28-59(10,75-49)77-53)55(70)62-51(34(2)3)56(71)61-46(32-41-22-18-23-43(66)31-41)57(72)65-29-19-24-45(64-65)58(73)74-48/h12-13,15-18,21-23,26,31,34-35,37-40,42,44-51,53,64,66-67H,11,14,19-20,24-25,27-30,32-33H2,1-10H3,(H,61,71)(H,62,70)(H,63,69)/b15-12+,16-13-,26-17-,36-21+/t35-,37-,38-,39-,40-,42-,44+,45-,46-,47-,48-,49-,50-,51-,53+,59+,60+/m0/s1. The summed E-state index contributed by atoms with van der Waals surface area (Å²) in [5.74, 6) is -5.24. The highest BCUT2D eigenvalue weighted by Gasteiger charge is 2.57. The highest BCUT2D eigenvalue weighted by Crippen LogP contribution is 2.46. The molecular formula is C60H87N5O12. The molecule has 0 unspecified atom stereocenters. The topological polar surface area (TPSA) is 231 Å². The predicted molar refractivity (Wildman–Crippen MR) is 290 cm³/mol. The van der Waals surface area contributed by atoms with E-state index in [0.717, 1.165) is 5.57 Å². The van der Waals surface area contributed by atoms with Gasteiger partial charge in [0.25, 0.3) is 5.91 Å². The Hall–Kier alpha value is -5.20. The second kappa shape index (κ2) is 25.7. The number of rotatable bonds is 12. The Labute approximate surface area is 455 Å². The summed E-state index contributed by atoms with van der Waals surface area (Å²) in [6.45, 7) is 19.4. The molecule has 6 aliphatic rings. The maximum absolute atomic E-state index is 14.6. The highest BCUT2D eigenvalue weighted by atomic mass is 16.7. The van der Waals surface area contributed by atoms with E-state index in [1.165, 1.54) is 17.1 Å². The summed E-state index contributed by atoms with van der Waals surface area (Å²) in [6.07, 6.45) is 15.7. The summed E-state index contributed by atoms with van der Waals surface area (Å²) in [7, 11) is 0. The van der Waals surface area contributed by atoms with Crippen molar-refractivity contribution in [3.63, 3.8) is 0 Å². The third-order valence-electron chi connectivity index (χ3n) is 17.5. The quantitative estimate of drug-likeness (QED) is 0.0934. The van der Waals surface area contributed by atoms with Gasteiger partial charge in [-0.15, -0.1) is 0 Å². The van der Waals surface area contributed by atoms with E-state index in [0.29, 0.717) is 63.4 Å². The van der Waals surface area contributed by atoms with Crippen molar-refractivity contribution in [2.75, 3.05) is 6.54 Å². The van der Waals surface area contributed by atoms with Crippen LogP contribution < -0.4 is 21.4 Å². The number of allylic oxidation sites excluding steroid dienone is 5. The van der Waals surface area contributed by atoms with Crippen LogP contribution in [0.1, 0.15) is 139 Å². The smallest absolute Gasteiger partial charge is 0.325 e. The van der Waals surface area contributed by atoms with Crippen LogP contribution in [0.15, 0.2) is 72.4 Å². The zero-order valence-corrected chi connectivity index (χ0v) is 47.0. The van der Waals surface area contributed by atoms with Crippen molar-refractivity contribution in [1.29, 1.82) is 0 Å². The molecule has 5 fully saturated rings. The van der Waals surface area contributed by atoms with Gasteiger partial charge in [0.2, 0.25) is 17.7 Å². The van der Waals surface area contributed by atoms with Crippen LogP contribution in [0.25, 0.3) is 0 Å². The number of carbonyl (C=O) groups excluding carboxylic acids is 6. The van der Waals surface area contributed by atoms with Gasteiger partial charge >= 0.3 is 5.97 Å². The first-order chi connectivity index (χ1) is 36.5. The van der Waals surface area contributed by atoms with Crippen molar-refractivity contribution in [1.82, 2.24) is 26.4 Å². The van der Waals surface area contributed by atoms with Crippen molar-refractivity contribution in [2.24, 2.45) is 47.3 Å². The van der Waals surface area contributed by atoms with Crippen LogP contribution in [0.3, 0.4) is 0 Å². The van der Waals surface area contributed by atoms with Crippen LogP contribution in [0.5, 0.6) is 5.75 Å². The molecule has 1 spiro atoms. The second-order valence-corrected chi connectivity index (χ2v) is 23.5. The number of carbonyl (C=O) groups is 6. The number of esters is 1. The number of ketones is 1. The minimum absolute atomic E-state index is 0.00287. The van der Waals surface area contributed by atoms with E-state index >= 15 is 0 Å². The number of hydrogen-bond donors (Lipinski definition) is 6. The molecule has 17 nitrogen and oxygen atoms in total. The van der Waals surface area contributed by atoms with Gasteiger partial charge in [-0.1, -0.05) is 110 Å². The number of benzene rings is 1. The van der Waals surface area contributed by atoms with Gasteiger partial charge in [-0.2, -0.15) is 0 Å². The number of phenols is 1. The zero-order chi connectivity index (χ0) is 55.9. The summed E-state index contributed by atoms with van der Waals surface area (Å²) in [5, 5.41) is 32.2. The number of piperidine rings is 1. The van der Waals surface area contributed by atoms with Crippen molar-refractivity contribution < 1.29 is 57.9 Å². The Morgan fingerprint density at radius 2 is 1.73 bits per heavy atom. The van der Waals surface area contributed by atoms with Crippen LogP contribution in [-0.4, -0.2) is 117 Å². The largest absolute Gasteiger partial charge is 0.508 e. The third kappa shape index (κ3) is 14.0. The van der Waals surface area contributed by atoms with E-state index in [9.17, 15) is 39.0 Å². The molecule has 6 N–H and O–H groups in total. The second-order valence-electron chi connectivity index (χ2n) is 23.5. The highest BCUT2D eigenvalue weighted by molar-refractivity contribution is 5.93. The Balaban J connectivity index is 1.07. The SMILES string of the molecule is CC[C@H]1C[C@H](C)[C@@]2(NC1=O)O[C@@H](C[C@H](O)[C@@H](C)CC/C=C/C=C(\C)[C@@H]1C/C=C\C=C/[C@@H]3O[C@@]4(C)CC[C@@H](C(=O)N[C@@H](C(C)C)C(=O)N[C@@H](Cc5cccc(O)c5)C(=O)N5CCC[C@H](N5)C(=O)O1)[C@H](O4)[C@H]3C)[C@H](C)C(=O)[C@@H]2C. The number of nitrogens with one attached hydrogen (secondary N) is 4. The van der Waals surface area contributed by atoms with E-state index in [1.807, 2.05) is 112 Å². The molecule has 1 aromatic rings. The number of nitrogens with zero attached hydrogens (tertiary/aromatic N) is 1. The van der Waals surface area contributed by atoms with Crippen LogP contribution in [0.4, 0.5) is 0 Å². The molecule has 0 saturated carbocycles. The molecule has 17 heteroatoms. The zero-order valence-electron chi connectivity index (χ0n) is 47.0. The lowest BCUT2D eigenvalue weighted by Crippen LogP contribution is -2.70. The molecule has 1 aromatic carbocycles. The molecule has 0 aromatic heterocycles. The average molecular weight is 1070 g/mol. The minimum Gasteiger partial charge on any atom is -0.508 e. The van der Waals surface area contributed by atoms with Gasteiger partial charge in [-0.05, 0) is 93.9 Å². The van der Waals surface area contributed by atoms with Gasteiger partial charge in [0.15, 0.2) is 11.5 Å². The van der Waals surface area contributed by atoms with Gasteiger partial charge in [-0.25, -0.2) is 5.43 Å². The molecule has 0 radical (unpaired) electrons. The number of aliphatic hydroxyl groups excluding tert-OH is 1. The number of cyclic esters (lactones) is 1. The Bertz CT molecular complexity index is 2420. The average Bonchev–Trinajstić information content (AvgIpc) is 3.40. The molecule has 17 atom stereocenters. The molecule has 6 heterocycles. The van der Waals surface area contributed by atoms with Crippen molar-refractivity contribution in [2.45, 2.75) is 200 Å². The number of amides is 4. The minimum atomic E-state index is -1.13. The molecule has 7 rings (SSSR count). The first-order valence-corrected chi connectivity index (χ1v) is 28.4.